The molecule has 0 fully saturated rings. The van der Waals surface area contributed by atoms with Crippen LogP contribution in [0.3, 0.4) is 0 Å². The number of aryl methyl sites for hydroxylation is 1. The number of rotatable bonds is 3. The van der Waals surface area contributed by atoms with Crippen molar-refractivity contribution in [1.82, 2.24) is 4.98 Å². The van der Waals surface area contributed by atoms with E-state index in [0.717, 1.165) is 41.3 Å². The predicted molar refractivity (Wildman–Crippen MR) is 91.6 cm³/mol. The first-order valence-corrected chi connectivity index (χ1v) is 8.09. The lowest BCUT2D eigenvalue weighted by atomic mass is 9.96. The second-order valence-corrected chi connectivity index (χ2v) is 6.12. The van der Waals surface area contributed by atoms with Gasteiger partial charge in [-0.3, -0.25) is 4.79 Å². The number of H-pyrrole nitrogens is 1. The highest BCUT2D eigenvalue weighted by Crippen LogP contribution is 2.26. The molecule has 0 radical (unpaired) electrons. The molecule has 0 amide bonds. The molecule has 0 saturated heterocycles. The highest BCUT2D eigenvalue weighted by atomic mass is 16.5. The monoisotopic (exact) mass is 305 g/mol. The SMILES string of the molecule is O=c1[nH]c2c(c3ccccc13)COC(CCc1ccccc1)C2. The molecule has 23 heavy (non-hydrogen) atoms. The summed E-state index contributed by atoms with van der Waals surface area (Å²) in [6.07, 6.45) is 2.92. The van der Waals surface area contributed by atoms with Crippen LogP contribution in [0.25, 0.3) is 10.8 Å². The van der Waals surface area contributed by atoms with Crippen molar-refractivity contribution in [2.45, 2.75) is 32.0 Å². The predicted octanol–water partition coefficient (Wildman–Crippen LogP) is 3.60. The Morgan fingerprint density at radius 1 is 1.00 bits per heavy atom. The van der Waals surface area contributed by atoms with Gasteiger partial charge in [0.05, 0.1) is 12.7 Å². The smallest absolute Gasteiger partial charge is 0.256 e. The Hall–Kier alpha value is -2.39. The van der Waals surface area contributed by atoms with Gasteiger partial charge in [-0.15, -0.1) is 0 Å². The van der Waals surface area contributed by atoms with E-state index in [1.807, 2.05) is 30.3 Å². The third-order valence-corrected chi connectivity index (χ3v) is 4.62. The molecule has 0 saturated carbocycles. The summed E-state index contributed by atoms with van der Waals surface area (Å²) in [4.78, 5) is 15.3. The van der Waals surface area contributed by atoms with E-state index in [1.165, 1.54) is 5.56 Å². The van der Waals surface area contributed by atoms with Crippen molar-refractivity contribution in [3.05, 3.63) is 81.8 Å². The van der Waals surface area contributed by atoms with Crippen LogP contribution in [-0.2, 0) is 24.2 Å². The van der Waals surface area contributed by atoms with Crippen molar-refractivity contribution >= 4 is 10.8 Å². The quantitative estimate of drug-likeness (QED) is 0.803. The summed E-state index contributed by atoms with van der Waals surface area (Å²) in [6, 6.07) is 18.2. The van der Waals surface area contributed by atoms with Crippen LogP contribution in [0.1, 0.15) is 23.2 Å². The normalized spacial score (nSPS) is 17.1. The van der Waals surface area contributed by atoms with E-state index < -0.39 is 0 Å². The van der Waals surface area contributed by atoms with Crippen LogP contribution >= 0.6 is 0 Å². The second kappa shape index (κ2) is 6.01. The van der Waals surface area contributed by atoms with Crippen molar-refractivity contribution in [2.75, 3.05) is 0 Å². The number of hydrogen-bond donors (Lipinski definition) is 1. The zero-order valence-corrected chi connectivity index (χ0v) is 12.9. The number of hydrogen-bond acceptors (Lipinski definition) is 2. The Balaban J connectivity index is 1.56. The number of nitrogens with one attached hydrogen (secondary N) is 1. The molecule has 2 heterocycles. The van der Waals surface area contributed by atoms with Crippen LogP contribution in [-0.4, -0.2) is 11.1 Å². The summed E-state index contributed by atoms with van der Waals surface area (Å²) in [5.74, 6) is 0. The van der Waals surface area contributed by atoms with E-state index in [0.29, 0.717) is 6.61 Å². The molecule has 1 aliphatic rings. The summed E-state index contributed by atoms with van der Waals surface area (Å²) in [5.41, 5.74) is 3.51. The van der Waals surface area contributed by atoms with Crippen molar-refractivity contribution in [3.63, 3.8) is 0 Å². The van der Waals surface area contributed by atoms with Crippen LogP contribution in [0.15, 0.2) is 59.4 Å². The highest BCUT2D eigenvalue weighted by Gasteiger charge is 2.22. The van der Waals surface area contributed by atoms with Gasteiger partial charge in [-0.25, -0.2) is 0 Å². The fourth-order valence-electron chi connectivity index (χ4n) is 3.37. The van der Waals surface area contributed by atoms with Crippen molar-refractivity contribution in [2.24, 2.45) is 0 Å². The Kier molecular flexibility index (Phi) is 3.72. The van der Waals surface area contributed by atoms with Crippen LogP contribution in [0, 0.1) is 0 Å². The van der Waals surface area contributed by atoms with Gasteiger partial charge in [0, 0.05) is 23.1 Å². The van der Waals surface area contributed by atoms with Gasteiger partial charge in [0.25, 0.3) is 5.56 Å². The Morgan fingerprint density at radius 3 is 2.57 bits per heavy atom. The lowest BCUT2D eigenvalue weighted by molar-refractivity contribution is 0.0229. The number of ether oxygens (including phenoxy) is 1. The van der Waals surface area contributed by atoms with Gasteiger partial charge in [-0.05, 0) is 29.9 Å². The van der Waals surface area contributed by atoms with Crippen molar-refractivity contribution < 1.29 is 4.74 Å². The number of benzene rings is 2. The molecule has 116 valence electrons. The molecule has 2 aromatic carbocycles. The van der Waals surface area contributed by atoms with Crippen LogP contribution in [0.5, 0.6) is 0 Å². The van der Waals surface area contributed by atoms with Crippen LogP contribution in [0.4, 0.5) is 0 Å². The van der Waals surface area contributed by atoms with Gasteiger partial charge in [0.1, 0.15) is 0 Å². The van der Waals surface area contributed by atoms with Crippen molar-refractivity contribution in [3.8, 4) is 0 Å². The first-order valence-electron chi connectivity index (χ1n) is 8.09. The van der Waals surface area contributed by atoms with Gasteiger partial charge in [-0.1, -0.05) is 48.5 Å². The lowest BCUT2D eigenvalue weighted by Crippen LogP contribution is -2.27. The van der Waals surface area contributed by atoms with Gasteiger partial charge >= 0.3 is 0 Å². The van der Waals surface area contributed by atoms with E-state index >= 15 is 0 Å². The fraction of sp³-hybridized carbons (Fsp3) is 0.250. The van der Waals surface area contributed by atoms with E-state index in [2.05, 4.69) is 29.2 Å². The molecule has 4 rings (SSSR count). The maximum atomic E-state index is 12.2. The van der Waals surface area contributed by atoms with Crippen molar-refractivity contribution in [1.29, 1.82) is 0 Å². The molecular formula is C20H19NO2. The molecule has 0 bridgehead atoms. The Labute approximate surface area is 134 Å². The summed E-state index contributed by atoms with van der Waals surface area (Å²) in [5, 5.41) is 1.77. The van der Waals surface area contributed by atoms with E-state index in [-0.39, 0.29) is 11.7 Å². The summed E-state index contributed by atoms with van der Waals surface area (Å²) < 4.78 is 6.05. The third-order valence-electron chi connectivity index (χ3n) is 4.62. The molecule has 0 aliphatic carbocycles. The number of pyridine rings is 1. The Bertz CT molecular complexity index is 883. The summed E-state index contributed by atoms with van der Waals surface area (Å²) in [6.45, 7) is 0.575. The third kappa shape index (κ3) is 2.80. The van der Waals surface area contributed by atoms with Crippen LogP contribution < -0.4 is 5.56 Å². The molecule has 1 atom stereocenters. The molecule has 1 aliphatic heterocycles. The maximum Gasteiger partial charge on any atom is 0.256 e. The van der Waals surface area contributed by atoms with E-state index in [4.69, 9.17) is 4.74 Å². The van der Waals surface area contributed by atoms with Gasteiger partial charge in [-0.2, -0.15) is 0 Å². The fourth-order valence-corrected chi connectivity index (χ4v) is 3.37. The zero-order chi connectivity index (χ0) is 15.6. The zero-order valence-electron chi connectivity index (χ0n) is 12.9. The van der Waals surface area contributed by atoms with E-state index in [9.17, 15) is 4.79 Å². The molecule has 3 nitrogen and oxygen atoms in total. The minimum absolute atomic E-state index is 0.00283. The van der Waals surface area contributed by atoms with Gasteiger partial charge in [0.2, 0.25) is 0 Å². The number of aromatic nitrogens is 1. The average Bonchev–Trinajstić information content (AvgIpc) is 2.61. The average molecular weight is 305 g/mol. The number of aromatic amines is 1. The lowest BCUT2D eigenvalue weighted by Gasteiger charge is -2.26. The largest absolute Gasteiger partial charge is 0.373 e. The molecule has 1 N–H and O–H groups in total. The minimum Gasteiger partial charge on any atom is -0.373 e. The second-order valence-electron chi connectivity index (χ2n) is 6.12. The standard InChI is InChI=1S/C20H19NO2/c22-20-17-9-5-4-8-16(17)18-13-23-15(12-19(18)21-20)11-10-14-6-2-1-3-7-14/h1-9,15H,10-13H2,(H,21,22). The summed E-state index contributed by atoms with van der Waals surface area (Å²) in [7, 11) is 0. The van der Waals surface area contributed by atoms with Gasteiger partial charge in [0.15, 0.2) is 0 Å². The minimum atomic E-state index is 0.00283. The number of fused-ring (bicyclic) bond motifs is 3. The molecular weight excluding hydrogens is 286 g/mol. The molecule has 3 aromatic rings. The Morgan fingerprint density at radius 2 is 1.74 bits per heavy atom. The molecule has 1 unspecified atom stereocenters. The first-order chi connectivity index (χ1) is 11.3. The molecule has 0 spiro atoms. The van der Waals surface area contributed by atoms with Gasteiger partial charge < -0.3 is 9.72 Å². The van der Waals surface area contributed by atoms with Crippen LogP contribution in [0.2, 0.25) is 0 Å². The topological polar surface area (TPSA) is 42.1 Å². The maximum absolute atomic E-state index is 12.2. The first kappa shape index (κ1) is 14.2. The van der Waals surface area contributed by atoms with E-state index in [1.54, 1.807) is 0 Å². The molecule has 1 aromatic heterocycles. The molecule has 3 heteroatoms. The highest BCUT2D eigenvalue weighted by molar-refractivity contribution is 5.85. The summed E-state index contributed by atoms with van der Waals surface area (Å²) >= 11 is 0.